The number of rotatable bonds is 6. The van der Waals surface area contributed by atoms with Crippen molar-refractivity contribution >= 4 is 5.97 Å². The molecule has 2 fully saturated rings. The molecule has 1 saturated heterocycles. The van der Waals surface area contributed by atoms with Gasteiger partial charge in [-0.25, -0.2) is 0 Å². The third kappa shape index (κ3) is 3.12. The highest BCUT2D eigenvalue weighted by Gasteiger charge is 2.33. The SMILES string of the molecule is CN1CC(Oc2ccc(C(CC(=O)O)C3CC3)cc2)C1. The van der Waals surface area contributed by atoms with Gasteiger partial charge in [0.2, 0.25) is 0 Å². The lowest BCUT2D eigenvalue weighted by molar-refractivity contribution is -0.137. The Hall–Kier alpha value is -1.55. The van der Waals surface area contributed by atoms with E-state index in [-0.39, 0.29) is 12.3 Å². The Balaban J connectivity index is 1.63. The number of likely N-dealkylation sites (tertiary alicyclic amines) is 1. The van der Waals surface area contributed by atoms with Crippen molar-refractivity contribution < 1.29 is 14.6 Å². The molecule has 108 valence electrons. The van der Waals surface area contributed by atoms with Gasteiger partial charge in [0.05, 0.1) is 6.42 Å². The minimum absolute atomic E-state index is 0.163. The molecule has 1 aliphatic carbocycles. The van der Waals surface area contributed by atoms with Crippen molar-refractivity contribution in [3.8, 4) is 5.75 Å². The number of carboxylic acid groups (broad SMARTS) is 1. The molecule has 1 atom stereocenters. The molecule has 1 saturated carbocycles. The van der Waals surface area contributed by atoms with Crippen molar-refractivity contribution in [3.05, 3.63) is 29.8 Å². The van der Waals surface area contributed by atoms with E-state index in [0.717, 1.165) is 37.2 Å². The van der Waals surface area contributed by atoms with Gasteiger partial charge in [0.1, 0.15) is 11.9 Å². The molecular weight excluding hydrogens is 254 g/mol. The van der Waals surface area contributed by atoms with Crippen molar-refractivity contribution in [3.63, 3.8) is 0 Å². The summed E-state index contributed by atoms with van der Waals surface area (Å²) in [6.07, 6.45) is 2.84. The summed E-state index contributed by atoms with van der Waals surface area (Å²) >= 11 is 0. The van der Waals surface area contributed by atoms with E-state index in [2.05, 4.69) is 11.9 Å². The average Bonchev–Trinajstić information content (AvgIpc) is 3.19. The van der Waals surface area contributed by atoms with Crippen LogP contribution < -0.4 is 4.74 Å². The number of hydrogen-bond donors (Lipinski definition) is 1. The van der Waals surface area contributed by atoms with Gasteiger partial charge in [0, 0.05) is 13.1 Å². The minimum atomic E-state index is -0.709. The molecule has 1 aliphatic heterocycles. The molecule has 1 aromatic rings. The molecule has 2 aliphatic rings. The van der Waals surface area contributed by atoms with Gasteiger partial charge in [-0.2, -0.15) is 0 Å². The van der Waals surface area contributed by atoms with Crippen LogP contribution in [0.15, 0.2) is 24.3 Å². The van der Waals surface area contributed by atoms with E-state index in [1.54, 1.807) is 0 Å². The summed E-state index contributed by atoms with van der Waals surface area (Å²) in [7, 11) is 2.08. The number of nitrogens with zero attached hydrogens (tertiary/aromatic N) is 1. The van der Waals surface area contributed by atoms with Crippen LogP contribution >= 0.6 is 0 Å². The summed E-state index contributed by atoms with van der Waals surface area (Å²) in [6, 6.07) is 8.02. The number of ether oxygens (including phenoxy) is 1. The first-order valence-corrected chi connectivity index (χ1v) is 7.29. The van der Waals surface area contributed by atoms with Gasteiger partial charge in [-0.05, 0) is 49.4 Å². The maximum atomic E-state index is 11.0. The largest absolute Gasteiger partial charge is 0.488 e. The number of carboxylic acids is 1. The predicted molar refractivity (Wildman–Crippen MR) is 76.1 cm³/mol. The van der Waals surface area contributed by atoms with E-state index in [0.29, 0.717) is 12.0 Å². The Kier molecular flexibility index (Phi) is 3.66. The van der Waals surface area contributed by atoms with Crippen LogP contribution in [0.1, 0.15) is 30.7 Å². The summed E-state index contributed by atoms with van der Waals surface area (Å²) in [6.45, 7) is 1.96. The molecule has 0 amide bonds. The van der Waals surface area contributed by atoms with Gasteiger partial charge in [0.15, 0.2) is 0 Å². The Morgan fingerprint density at radius 1 is 1.35 bits per heavy atom. The highest BCUT2D eigenvalue weighted by molar-refractivity contribution is 5.68. The lowest BCUT2D eigenvalue weighted by Crippen LogP contribution is -2.51. The van der Waals surface area contributed by atoms with Crippen molar-refractivity contribution in [2.45, 2.75) is 31.3 Å². The van der Waals surface area contributed by atoms with Crippen LogP contribution in [0.2, 0.25) is 0 Å². The maximum absolute atomic E-state index is 11.0. The molecule has 1 heterocycles. The van der Waals surface area contributed by atoms with E-state index < -0.39 is 5.97 Å². The van der Waals surface area contributed by atoms with Gasteiger partial charge in [-0.1, -0.05) is 12.1 Å². The maximum Gasteiger partial charge on any atom is 0.303 e. The Morgan fingerprint density at radius 3 is 2.50 bits per heavy atom. The summed E-state index contributed by atoms with van der Waals surface area (Å²) in [4.78, 5) is 13.2. The van der Waals surface area contributed by atoms with E-state index in [9.17, 15) is 4.79 Å². The number of aliphatic carboxylic acids is 1. The van der Waals surface area contributed by atoms with Gasteiger partial charge < -0.3 is 9.84 Å². The van der Waals surface area contributed by atoms with Crippen LogP contribution in [0.25, 0.3) is 0 Å². The highest BCUT2D eigenvalue weighted by Crippen LogP contribution is 2.44. The number of likely N-dealkylation sites (N-methyl/N-ethyl adjacent to an activating group) is 1. The van der Waals surface area contributed by atoms with Crippen LogP contribution in [0.5, 0.6) is 5.75 Å². The topological polar surface area (TPSA) is 49.8 Å². The molecule has 0 bridgehead atoms. The molecule has 4 heteroatoms. The lowest BCUT2D eigenvalue weighted by Gasteiger charge is -2.36. The monoisotopic (exact) mass is 275 g/mol. The zero-order chi connectivity index (χ0) is 14.1. The molecule has 20 heavy (non-hydrogen) atoms. The third-order valence-corrected chi connectivity index (χ3v) is 4.23. The van der Waals surface area contributed by atoms with Crippen LogP contribution in [0, 0.1) is 5.92 Å². The zero-order valence-electron chi connectivity index (χ0n) is 11.8. The normalized spacial score (nSPS) is 21.2. The highest BCUT2D eigenvalue weighted by atomic mass is 16.5. The second-order valence-electron chi connectivity index (χ2n) is 6.07. The molecule has 4 nitrogen and oxygen atoms in total. The molecule has 3 rings (SSSR count). The zero-order valence-corrected chi connectivity index (χ0v) is 11.8. The van der Waals surface area contributed by atoms with Gasteiger partial charge in [0.25, 0.3) is 0 Å². The first-order chi connectivity index (χ1) is 9.61. The summed E-state index contributed by atoms with van der Waals surface area (Å²) < 4.78 is 5.85. The second kappa shape index (κ2) is 5.44. The number of benzene rings is 1. The van der Waals surface area contributed by atoms with Crippen LogP contribution in [0.4, 0.5) is 0 Å². The molecule has 0 aromatic heterocycles. The predicted octanol–water partition coefficient (Wildman–Crippen LogP) is 2.35. The first-order valence-electron chi connectivity index (χ1n) is 7.29. The van der Waals surface area contributed by atoms with Crippen molar-refractivity contribution in [2.24, 2.45) is 5.92 Å². The van der Waals surface area contributed by atoms with Gasteiger partial charge in [-0.15, -0.1) is 0 Å². The Bertz CT molecular complexity index is 475. The quantitative estimate of drug-likeness (QED) is 0.866. The lowest BCUT2D eigenvalue weighted by atomic mass is 9.91. The van der Waals surface area contributed by atoms with Crippen LogP contribution in [-0.4, -0.2) is 42.2 Å². The summed E-state index contributed by atoms with van der Waals surface area (Å²) in [5.74, 6) is 0.894. The second-order valence-corrected chi connectivity index (χ2v) is 6.07. The fourth-order valence-corrected chi connectivity index (χ4v) is 2.95. The summed E-state index contributed by atoms with van der Waals surface area (Å²) in [5, 5.41) is 9.03. The average molecular weight is 275 g/mol. The molecule has 0 spiro atoms. The first kappa shape index (κ1) is 13.4. The smallest absolute Gasteiger partial charge is 0.303 e. The van der Waals surface area contributed by atoms with Crippen molar-refractivity contribution in [1.29, 1.82) is 0 Å². The fourth-order valence-electron chi connectivity index (χ4n) is 2.95. The molecular formula is C16H21NO3. The molecule has 1 unspecified atom stereocenters. The van der Waals surface area contributed by atoms with Crippen LogP contribution in [0.3, 0.4) is 0 Å². The van der Waals surface area contributed by atoms with E-state index in [1.807, 2.05) is 24.3 Å². The fraction of sp³-hybridized carbons (Fsp3) is 0.562. The Morgan fingerprint density at radius 2 is 2.00 bits per heavy atom. The molecule has 1 aromatic carbocycles. The summed E-state index contributed by atoms with van der Waals surface area (Å²) in [5.41, 5.74) is 1.13. The number of hydrogen-bond acceptors (Lipinski definition) is 3. The van der Waals surface area contributed by atoms with E-state index >= 15 is 0 Å². The Labute approximate surface area is 119 Å². The van der Waals surface area contributed by atoms with Crippen LogP contribution in [-0.2, 0) is 4.79 Å². The van der Waals surface area contributed by atoms with E-state index in [4.69, 9.17) is 9.84 Å². The van der Waals surface area contributed by atoms with Crippen molar-refractivity contribution in [2.75, 3.05) is 20.1 Å². The van der Waals surface area contributed by atoms with E-state index in [1.165, 1.54) is 0 Å². The third-order valence-electron chi connectivity index (χ3n) is 4.23. The minimum Gasteiger partial charge on any atom is -0.488 e. The van der Waals surface area contributed by atoms with Gasteiger partial charge >= 0.3 is 5.97 Å². The van der Waals surface area contributed by atoms with Crippen molar-refractivity contribution in [1.82, 2.24) is 4.90 Å². The molecule has 0 radical (unpaired) electrons. The molecule has 1 N–H and O–H groups in total. The standard InChI is InChI=1S/C16H21NO3/c1-17-9-14(10-17)20-13-6-4-12(5-7-13)15(8-16(18)19)11-2-3-11/h4-7,11,14-15H,2-3,8-10H2,1H3,(H,18,19). The number of carbonyl (C=O) groups is 1. The van der Waals surface area contributed by atoms with Gasteiger partial charge in [-0.3, -0.25) is 9.69 Å².